The third-order valence-corrected chi connectivity index (χ3v) is 4.99. The van der Waals surface area contributed by atoms with Crippen LogP contribution in [0, 0.1) is 0 Å². The predicted molar refractivity (Wildman–Crippen MR) is 102 cm³/mol. The first-order valence-electron chi connectivity index (χ1n) is 8.90. The molecule has 0 saturated carbocycles. The molecule has 1 aliphatic heterocycles. The highest BCUT2D eigenvalue weighted by molar-refractivity contribution is 5.87. The van der Waals surface area contributed by atoms with Crippen LogP contribution in [-0.4, -0.2) is 37.0 Å². The molecule has 0 saturated heterocycles. The minimum absolute atomic E-state index is 0.0989. The van der Waals surface area contributed by atoms with Gasteiger partial charge in [0.05, 0.1) is 14.2 Å². The van der Waals surface area contributed by atoms with Crippen LogP contribution in [0.15, 0.2) is 42.5 Å². The molecule has 1 aliphatic rings. The monoisotopic (exact) mass is 368 g/mol. The molecule has 1 atom stereocenters. The summed E-state index contributed by atoms with van der Waals surface area (Å²) in [5.41, 5.74) is 8.59. The Bertz CT molecular complexity index is 850. The molecule has 2 aromatic carbocycles. The van der Waals surface area contributed by atoms with Gasteiger partial charge in [-0.1, -0.05) is 36.4 Å². The van der Waals surface area contributed by atoms with Gasteiger partial charge in [0.2, 0.25) is 11.8 Å². The van der Waals surface area contributed by atoms with E-state index in [1.54, 1.807) is 19.1 Å². The molecule has 142 valence electrons. The number of methoxy groups -OCH3 is 2. The highest BCUT2D eigenvalue weighted by atomic mass is 16.5. The molecule has 1 unspecified atom stereocenters. The lowest BCUT2D eigenvalue weighted by molar-refractivity contribution is -0.140. The molecule has 6 nitrogen and oxygen atoms in total. The lowest BCUT2D eigenvalue weighted by Gasteiger charge is -2.35. The summed E-state index contributed by atoms with van der Waals surface area (Å²) in [6.45, 7) is 0.401. The SMILES string of the molecule is COc1cccc(CCC(=O)N2Cc3ccccc3CC2C(N)=O)c1OC. The van der Waals surface area contributed by atoms with E-state index in [4.69, 9.17) is 15.2 Å². The molecule has 0 fully saturated rings. The molecule has 3 rings (SSSR count). The number of carbonyl (C=O) groups is 2. The number of benzene rings is 2. The van der Waals surface area contributed by atoms with Gasteiger partial charge in [0.25, 0.3) is 0 Å². The van der Waals surface area contributed by atoms with Crippen LogP contribution < -0.4 is 15.2 Å². The van der Waals surface area contributed by atoms with Gasteiger partial charge in [-0.15, -0.1) is 0 Å². The van der Waals surface area contributed by atoms with Crippen LogP contribution in [0.25, 0.3) is 0 Å². The van der Waals surface area contributed by atoms with Gasteiger partial charge >= 0.3 is 0 Å². The molecular weight excluding hydrogens is 344 g/mol. The third-order valence-electron chi connectivity index (χ3n) is 4.99. The van der Waals surface area contributed by atoms with Crippen molar-refractivity contribution in [1.29, 1.82) is 0 Å². The topological polar surface area (TPSA) is 81.9 Å². The fraction of sp³-hybridized carbons (Fsp3) is 0.333. The molecule has 0 radical (unpaired) electrons. The average molecular weight is 368 g/mol. The minimum atomic E-state index is -0.611. The van der Waals surface area contributed by atoms with E-state index in [2.05, 4.69) is 0 Å². The van der Waals surface area contributed by atoms with Gasteiger partial charge in [-0.25, -0.2) is 0 Å². The number of ether oxygens (including phenoxy) is 2. The summed E-state index contributed by atoms with van der Waals surface area (Å²) >= 11 is 0. The van der Waals surface area contributed by atoms with E-state index in [1.165, 1.54) is 0 Å². The summed E-state index contributed by atoms with van der Waals surface area (Å²) in [6, 6.07) is 12.8. The Morgan fingerprint density at radius 3 is 2.48 bits per heavy atom. The van der Waals surface area contributed by atoms with E-state index in [9.17, 15) is 9.59 Å². The maximum atomic E-state index is 12.9. The highest BCUT2D eigenvalue weighted by Gasteiger charge is 2.33. The minimum Gasteiger partial charge on any atom is -0.493 e. The number of aryl methyl sites for hydroxylation is 1. The fourth-order valence-corrected chi connectivity index (χ4v) is 3.58. The van der Waals surface area contributed by atoms with Crippen molar-refractivity contribution in [2.45, 2.75) is 31.8 Å². The second-order valence-electron chi connectivity index (χ2n) is 6.57. The maximum Gasteiger partial charge on any atom is 0.240 e. The van der Waals surface area contributed by atoms with Gasteiger partial charge in [0.1, 0.15) is 6.04 Å². The fourth-order valence-electron chi connectivity index (χ4n) is 3.58. The number of nitrogens with two attached hydrogens (primary N) is 1. The van der Waals surface area contributed by atoms with E-state index in [0.717, 1.165) is 16.7 Å². The van der Waals surface area contributed by atoms with E-state index in [1.807, 2.05) is 42.5 Å². The Labute approximate surface area is 158 Å². The average Bonchev–Trinajstić information content (AvgIpc) is 2.70. The Kier molecular flexibility index (Phi) is 5.64. The van der Waals surface area contributed by atoms with E-state index >= 15 is 0 Å². The zero-order valence-corrected chi connectivity index (χ0v) is 15.6. The zero-order chi connectivity index (χ0) is 19.4. The summed E-state index contributed by atoms with van der Waals surface area (Å²) in [5.74, 6) is 0.683. The lowest BCUT2D eigenvalue weighted by atomic mass is 9.93. The first-order chi connectivity index (χ1) is 13.0. The van der Waals surface area contributed by atoms with Gasteiger partial charge in [0, 0.05) is 19.4 Å². The summed E-state index contributed by atoms with van der Waals surface area (Å²) < 4.78 is 10.7. The summed E-state index contributed by atoms with van der Waals surface area (Å²) in [7, 11) is 3.16. The van der Waals surface area contributed by atoms with Crippen LogP contribution in [0.5, 0.6) is 11.5 Å². The number of primary amides is 1. The van der Waals surface area contributed by atoms with Gasteiger partial charge in [0.15, 0.2) is 11.5 Å². The molecule has 1 heterocycles. The molecule has 2 aromatic rings. The van der Waals surface area contributed by atoms with Crippen LogP contribution in [0.3, 0.4) is 0 Å². The number of hydrogen-bond donors (Lipinski definition) is 1. The van der Waals surface area contributed by atoms with Crippen LogP contribution in [0.2, 0.25) is 0 Å². The van der Waals surface area contributed by atoms with Crippen molar-refractivity contribution >= 4 is 11.8 Å². The molecule has 0 bridgehead atoms. The van der Waals surface area contributed by atoms with Crippen molar-refractivity contribution in [2.75, 3.05) is 14.2 Å². The highest BCUT2D eigenvalue weighted by Crippen LogP contribution is 2.32. The van der Waals surface area contributed by atoms with Crippen molar-refractivity contribution in [3.05, 3.63) is 59.2 Å². The van der Waals surface area contributed by atoms with E-state index < -0.39 is 11.9 Å². The largest absolute Gasteiger partial charge is 0.493 e. The second kappa shape index (κ2) is 8.12. The van der Waals surface area contributed by atoms with Gasteiger partial charge in [-0.2, -0.15) is 0 Å². The van der Waals surface area contributed by atoms with Crippen LogP contribution in [0.4, 0.5) is 0 Å². The number of nitrogens with zero attached hydrogens (tertiary/aromatic N) is 1. The quantitative estimate of drug-likeness (QED) is 0.846. The molecule has 6 heteroatoms. The molecule has 2 N–H and O–H groups in total. The number of amides is 2. The smallest absolute Gasteiger partial charge is 0.240 e. The Balaban J connectivity index is 1.76. The molecular formula is C21H24N2O4. The number of para-hydroxylation sites is 1. The molecule has 27 heavy (non-hydrogen) atoms. The van der Waals surface area contributed by atoms with Crippen LogP contribution in [0.1, 0.15) is 23.1 Å². The zero-order valence-electron chi connectivity index (χ0n) is 15.6. The molecule has 2 amide bonds. The number of fused-ring (bicyclic) bond motifs is 1. The standard InChI is InChI=1S/C21H24N2O4/c1-26-18-9-5-8-14(20(18)27-2)10-11-19(24)23-13-16-7-4-3-6-15(16)12-17(23)21(22)25/h3-9,17H,10-13H2,1-2H3,(H2,22,25). The number of carbonyl (C=O) groups excluding carboxylic acids is 2. The van der Waals surface area contributed by atoms with E-state index in [-0.39, 0.29) is 12.3 Å². The van der Waals surface area contributed by atoms with Crippen molar-refractivity contribution in [3.63, 3.8) is 0 Å². The number of hydrogen-bond acceptors (Lipinski definition) is 4. The van der Waals surface area contributed by atoms with Gasteiger partial charge < -0.3 is 20.1 Å². The summed E-state index contributed by atoms with van der Waals surface area (Å²) in [6.07, 6.45) is 1.21. The normalized spacial score (nSPS) is 15.8. The van der Waals surface area contributed by atoms with Gasteiger partial charge in [-0.05, 0) is 29.2 Å². The third kappa shape index (κ3) is 3.89. The second-order valence-corrected chi connectivity index (χ2v) is 6.57. The molecule has 0 aliphatic carbocycles. The van der Waals surface area contributed by atoms with Crippen molar-refractivity contribution in [2.24, 2.45) is 5.73 Å². The molecule has 0 aromatic heterocycles. The van der Waals surface area contributed by atoms with Crippen LogP contribution >= 0.6 is 0 Å². The Morgan fingerprint density at radius 1 is 1.07 bits per heavy atom. The predicted octanol–water partition coefficient (Wildman–Crippen LogP) is 2.08. The lowest BCUT2D eigenvalue weighted by Crippen LogP contribution is -2.51. The van der Waals surface area contributed by atoms with Crippen molar-refractivity contribution in [1.82, 2.24) is 4.90 Å². The molecule has 0 spiro atoms. The maximum absolute atomic E-state index is 12.9. The van der Waals surface area contributed by atoms with Crippen LogP contribution in [-0.2, 0) is 29.0 Å². The first kappa shape index (κ1) is 18.8. The Hall–Kier alpha value is -3.02. The van der Waals surface area contributed by atoms with Gasteiger partial charge in [-0.3, -0.25) is 9.59 Å². The number of rotatable bonds is 6. The Morgan fingerprint density at radius 2 is 1.81 bits per heavy atom. The first-order valence-corrected chi connectivity index (χ1v) is 8.90. The summed E-state index contributed by atoms with van der Waals surface area (Å²) in [5, 5.41) is 0. The van der Waals surface area contributed by atoms with Crippen molar-refractivity contribution < 1.29 is 19.1 Å². The van der Waals surface area contributed by atoms with E-state index in [0.29, 0.717) is 30.9 Å². The summed E-state index contributed by atoms with van der Waals surface area (Å²) in [4.78, 5) is 26.4. The van der Waals surface area contributed by atoms with Crippen molar-refractivity contribution in [3.8, 4) is 11.5 Å².